The van der Waals surface area contributed by atoms with Crippen LogP contribution in [-0.4, -0.2) is 21.4 Å². The molecule has 0 saturated carbocycles. The topological polar surface area (TPSA) is 0 Å². The van der Waals surface area contributed by atoms with E-state index in [9.17, 15) is 0 Å². The molecule has 0 fully saturated rings. The van der Waals surface area contributed by atoms with Gasteiger partial charge in [-0.25, -0.2) is 0 Å². The predicted molar refractivity (Wildman–Crippen MR) is 29.9 cm³/mol. The Hall–Kier alpha value is 0.349. The van der Waals surface area contributed by atoms with E-state index in [2.05, 4.69) is 28.2 Å². The maximum atomic E-state index is 4.43. The van der Waals surface area contributed by atoms with Crippen LogP contribution in [0.15, 0.2) is 11.1 Å². The molecule has 0 N–H and O–H groups in total. The van der Waals surface area contributed by atoms with Gasteiger partial charge in [-0.3, -0.25) is 0 Å². The average molecular weight is 151 g/mol. The summed E-state index contributed by atoms with van der Waals surface area (Å²) in [5, 5.41) is 1.57. The van der Waals surface area contributed by atoms with E-state index in [1.54, 1.807) is 11.4 Å². The van der Waals surface area contributed by atoms with Crippen molar-refractivity contribution in [2.24, 2.45) is 0 Å². The summed E-state index contributed by atoms with van der Waals surface area (Å²) >= 11 is 6.73. The predicted octanol–water partition coefficient (Wildman–Crippen LogP) is 0.401. The minimum atomic E-state index is 1.57. The van der Waals surface area contributed by atoms with Gasteiger partial charge >= 0.3 is 44.6 Å². The fourth-order valence-electron chi connectivity index (χ4n) is 0.0351. The molecule has 0 rings (SSSR count). The molecular weight excluding hydrogens is 147 g/mol. The van der Waals surface area contributed by atoms with Gasteiger partial charge in [-0.15, -0.1) is 0 Å². The van der Waals surface area contributed by atoms with E-state index >= 15 is 0 Å². The quantitative estimate of drug-likeness (QED) is 0.297. The molecule has 2 heteroatoms. The molecule has 0 aliphatic carbocycles. The second-order valence-corrected chi connectivity index (χ2v) is 1.38. The summed E-state index contributed by atoms with van der Waals surface area (Å²) in [6.07, 6.45) is 1.79. The number of allylic oxidation sites excluding steroid dienone is 1. The molecule has 0 nitrogen and oxygen atoms in total. The van der Waals surface area contributed by atoms with E-state index in [-0.39, 0.29) is 0 Å². The molecule has 0 atom stereocenters. The van der Waals surface area contributed by atoms with Crippen molar-refractivity contribution in [2.75, 3.05) is 0 Å². The Balaban J connectivity index is 2.92. The SMILES string of the molecule is S=C/C=C\[SeH]. The van der Waals surface area contributed by atoms with Gasteiger partial charge < -0.3 is 0 Å². The molecule has 0 amide bonds. The third kappa shape index (κ3) is 4.35. The van der Waals surface area contributed by atoms with Gasteiger partial charge in [0, 0.05) is 0 Å². The fourth-order valence-corrected chi connectivity index (χ4v) is 0.548. The Morgan fingerprint density at radius 1 is 1.60 bits per heavy atom. The zero-order valence-corrected chi connectivity index (χ0v) is 5.28. The molecular formula is C3H4SSe. The molecule has 0 spiro atoms. The van der Waals surface area contributed by atoms with Crippen LogP contribution in [0.4, 0.5) is 0 Å². The van der Waals surface area contributed by atoms with Crippen molar-refractivity contribution in [1.82, 2.24) is 0 Å². The molecule has 0 saturated heterocycles. The summed E-state index contributed by atoms with van der Waals surface area (Å²) in [6.45, 7) is 0. The summed E-state index contributed by atoms with van der Waals surface area (Å²) in [5.41, 5.74) is 0. The first-order valence-electron chi connectivity index (χ1n) is 1.16. The van der Waals surface area contributed by atoms with Gasteiger partial charge in [0.15, 0.2) is 0 Å². The summed E-state index contributed by atoms with van der Waals surface area (Å²) in [6, 6.07) is 0. The van der Waals surface area contributed by atoms with Crippen LogP contribution in [0, 0.1) is 0 Å². The third-order valence-corrected chi connectivity index (χ3v) is 0.683. The van der Waals surface area contributed by atoms with Crippen molar-refractivity contribution in [3.05, 3.63) is 11.1 Å². The Morgan fingerprint density at radius 3 is 2.20 bits per heavy atom. The van der Waals surface area contributed by atoms with Crippen LogP contribution in [0.25, 0.3) is 0 Å². The summed E-state index contributed by atoms with van der Waals surface area (Å²) in [4.78, 5) is 1.83. The summed E-state index contributed by atoms with van der Waals surface area (Å²) in [5.74, 6) is 0. The van der Waals surface area contributed by atoms with Crippen LogP contribution in [0.2, 0.25) is 0 Å². The Kier molecular flexibility index (Phi) is 4.65. The molecule has 0 bridgehead atoms. The first kappa shape index (κ1) is 5.35. The van der Waals surface area contributed by atoms with E-state index < -0.39 is 0 Å². The molecule has 0 aromatic heterocycles. The normalized spacial score (nSPS) is 9.00. The van der Waals surface area contributed by atoms with Crippen molar-refractivity contribution in [1.29, 1.82) is 0 Å². The number of rotatable bonds is 1. The summed E-state index contributed by atoms with van der Waals surface area (Å²) in [7, 11) is 0. The molecule has 28 valence electrons. The molecule has 5 heavy (non-hydrogen) atoms. The van der Waals surface area contributed by atoms with Gasteiger partial charge in [0.05, 0.1) is 0 Å². The zero-order chi connectivity index (χ0) is 4.12. The van der Waals surface area contributed by atoms with Gasteiger partial charge in [-0.1, -0.05) is 0 Å². The van der Waals surface area contributed by atoms with Crippen molar-refractivity contribution in [3.63, 3.8) is 0 Å². The molecule has 0 aliphatic rings. The second kappa shape index (κ2) is 4.35. The monoisotopic (exact) mass is 152 g/mol. The van der Waals surface area contributed by atoms with Crippen LogP contribution >= 0.6 is 12.2 Å². The van der Waals surface area contributed by atoms with E-state index in [0.717, 1.165) is 0 Å². The molecule has 0 aromatic carbocycles. The van der Waals surface area contributed by atoms with Gasteiger partial charge in [-0.2, -0.15) is 0 Å². The third-order valence-electron chi connectivity index (χ3n) is 0.165. The van der Waals surface area contributed by atoms with Crippen LogP contribution in [0.3, 0.4) is 0 Å². The fraction of sp³-hybridized carbons (Fsp3) is 0. The first-order valence-corrected chi connectivity index (χ1v) is 2.72. The van der Waals surface area contributed by atoms with E-state index in [1.165, 1.54) is 0 Å². The van der Waals surface area contributed by atoms with E-state index in [4.69, 9.17) is 0 Å². The molecule has 0 heterocycles. The second-order valence-electron chi connectivity index (χ2n) is 0.478. The Labute approximate surface area is 45.1 Å². The Morgan fingerprint density at radius 2 is 2.20 bits per heavy atom. The first-order chi connectivity index (χ1) is 2.41. The van der Waals surface area contributed by atoms with Gasteiger partial charge in [-0.05, 0) is 0 Å². The van der Waals surface area contributed by atoms with Crippen LogP contribution < -0.4 is 0 Å². The van der Waals surface area contributed by atoms with E-state index in [1.807, 2.05) is 4.97 Å². The van der Waals surface area contributed by atoms with Gasteiger partial charge in [0.2, 0.25) is 0 Å². The average Bonchev–Trinajstić information content (AvgIpc) is 1.41. The minimum absolute atomic E-state index is 1.57. The van der Waals surface area contributed by atoms with Crippen LogP contribution in [0.5, 0.6) is 0 Å². The summed E-state index contributed by atoms with van der Waals surface area (Å²) < 4.78 is 0. The van der Waals surface area contributed by atoms with Crippen molar-refractivity contribution in [3.8, 4) is 0 Å². The van der Waals surface area contributed by atoms with Gasteiger partial charge in [0.1, 0.15) is 0 Å². The van der Waals surface area contributed by atoms with Crippen molar-refractivity contribution in [2.45, 2.75) is 0 Å². The maximum absolute atomic E-state index is 4.43. The van der Waals surface area contributed by atoms with Crippen molar-refractivity contribution >= 4 is 33.6 Å². The zero-order valence-electron chi connectivity index (χ0n) is 2.59. The number of hydrogen-bond acceptors (Lipinski definition) is 1. The van der Waals surface area contributed by atoms with Crippen LogP contribution in [-0.2, 0) is 0 Å². The molecule has 0 unspecified atom stereocenters. The van der Waals surface area contributed by atoms with Crippen molar-refractivity contribution < 1.29 is 0 Å². The number of thiocarbonyl (C=S) groups is 1. The molecule has 0 aliphatic heterocycles. The van der Waals surface area contributed by atoms with Crippen LogP contribution in [0.1, 0.15) is 0 Å². The standard InChI is InChI=1S/C3H4SSe/c4-2-1-3-5/h1-3,5H/b3-1-. The number of hydrogen-bond donors (Lipinski definition) is 0. The van der Waals surface area contributed by atoms with E-state index in [0.29, 0.717) is 0 Å². The Bertz CT molecular complexity index is 48.9. The molecule has 0 radical (unpaired) electrons. The van der Waals surface area contributed by atoms with Gasteiger partial charge in [0.25, 0.3) is 0 Å². The molecule has 0 aromatic rings.